The van der Waals surface area contributed by atoms with Crippen molar-refractivity contribution in [2.75, 3.05) is 0 Å². The molecular weight excluding hydrogens is 194 g/mol. The predicted octanol–water partition coefficient (Wildman–Crippen LogP) is 4.58. The SMILES string of the molecule is C=C(/C=C\C(=C)NC(CCC)CCC)CC. The molecule has 0 heterocycles. The van der Waals surface area contributed by atoms with Crippen LogP contribution in [0.5, 0.6) is 0 Å². The Morgan fingerprint density at radius 1 is 1.06 bits per heavy atom. The average molecular weight is 221 g/mol. The van der Waals surface area contributed by atoms with Crippen LogP contribution in [0, 0.1) is 0 Å². The molecule has 1 heteroatoms. The Hall–Kier alpha value is -0.980. The molecule has 0 unspecified atom stereocenters. The molecular formula is C15H27N. The van der Waals surface area contributed by atoms with Crippen molar-refractivity contribution in [3.63, 3.8) is 0 Å². The number of hydrogen-bond donors (Lipinski definition) is 1. The minimum absolute atomic E-state index is 0.571. The smallest absolute Gasteiger partial charge is 0.0269 e. The van der Waals surface area contributed by atoms with Crippen molar-refractivity contribution < 1.29 is 0 Å². The molecule has 0 radical (unpaired) electrons. The molecule has 0 fully saturated rings. The summed E-state index contributed by atoms with van der Waals surface area (Å²) in [5.74, 6) is 0. The molecule has 0 aromatic heterocycles. The first-order valence-corrected chi connectivity index (χ1v) is 6.45. The van der Waals surface area contributed by atoms with E-state index in [1.54, 1.807) is 0 Å². The zero-order valence-corrected chi connectivity index (χ0v) is 11.2. The van der Waals surface area contributed by atoms with Crippen molar-refractivity contribution in [1.29, 1.82) is 0 Å². The van der Waals surface area contributed by atoms with Gasteiger partial charge in [-0.05, 0) is 25.3 Å². The van der Waals surface area contributed by atoms with Crippen molar-refractivity contribution in [3.8, 4) is 0 Å². The van der Waals surface area contributed by atoms with Gasteiger partial charge in [0.15, 0.2) is 0 Å². The predicted molar refractivity (Wildman–Crippen MR) is 74.5 cm³/mol. The van der Waals surface area contributed by atoms with Gasteiger partial charge in [0.2, 0.25) is 0 Å². The Bertz CT molecular complexity index is 232. The molecule has 0 saturated heterocycles. The Morgan fingerprint density at radius 3 is 2.06 bits per heavy atom. The summed E-state index contributed by atoms with van der Waals surface area (Å²) in [6, 6.07) is 0.571. The number of rotatable bonds is 9. The van der Waals surface area contributed by atoms with Crippen LogP contribution in [-0.2, 0) is 0 Å². The highest BCUT2D eigenvalue weighted by Gasteiger charge is 2.05. The van der Waals surface area contributed by atoms with Gasteiger partial charge in [-0.3, -0.25) is 0 Å². The number of nitrogens with one attached hydrogen (secondary N) is 1. The van der Waals surface area contributed by atoms with Crippen LogP contribution in [0.4, 0.5) is 0 Å². The molecule has 1 N–H and O–H groups in total. The largest absolute Gasteiger partial charge is 0.383 e. The van der Waals surface area contributed by atoms with Gasteiger partial charge in [-0.2, -0.15) is 0 Å². The zero-order chi connectivity index (χ0) is 12.4. The van der Waals surface area contributed by atoms with Gasteiger partial charge in [0.1, 0.15) is 0 Å². The second-order valence-corrected chi connectivity index (χ2v) is 4.29. The summed E-state index contributed by atoms with van der Waals surface area (Å²) < 4.78 is 0. The summed E-state index contributed by atoms with van der Waals surface area (Å²) in [5.41, 5.74) is 2.15. The van der Waals surface area contributed by atoms with E-state index in [4.69, 9.17) is 0 Å². The van der Waals surface area contributed by atoms with Gasteiger partial charge in [0.05, 0.1) is 0 Å². The summed E-state index contributed by atoms with van der Waals surface area (Å²) in [6.45, 7) is 14.5. The van der Waals surface area contributed by atoms with Crippen LogP contribution >= 0.6 is 0 Å². The van der Waals surface area contributed by atoms with E-state index < -0.39 is 0 Å². The van der Waals surface area contributed by atoms with Crippen molar-refractivity contribution >= 4 is 0 Å². The van der Waals surface area contributed by atoms with E-state index in [0.717, 1.165) is 17.7 Å². The molecule has 0 aromatic carbocycles. The third-order valence-electron chi connectivity index (χ3n) is 2.64. The van der Waals surface area contributed by atoms with E-state index in [1.165, 1.54) is 25.7 Å². The zero-order valence-electron chi connectivity index (χ0n) is 11.2. The van der Waals surface area contributed by atoms with Gasteiger partial charge in [-0.1, -0.05) is 58.4 Å². The fraction of sp³-hybridized carbons (Fsp3) is 0.600. The molecule has 0 aliphatic carbocycles. The maximum atomic E-state index is 4.03. The highest BCUT2D eigenvalue weighted by molar-refractivity contribution is 5.23. The van der Waals surface area contributed by atoms with Crippen LogP contribution in [-0.4, -0.2) is 6.04 Å². The van der Waals surface area contributed by atoms with Crippen LogP contribution in [0.25, 0.3) is 0 Å². The molecule has 0 atom stereocenters. The summed E-state index contributed by atoms with van der Waals surface area (Å²) in [4.78, 5) is 0. The fourth-order valence-electron chi connectivity index (χ4n) is 1.63. The average Bonchev–Trinajstić information content (AvgIpc) is 2.26. The normalized spacial score (nSPS) is 11.0. The molecule has 0 aliphatic heterocycles. The summed E-state index contributed by atoms with van der Waals surface area (Å²) in [7, 11) is 0. The van der Waals surface area contributed by atoms with Crippen LogP contribution in [0.2, 0.25) is 0 Å². The van der Waals surface area contributed by atoms with Gasteiger partial charge in [0, 0.05) is 11.7 Å². The first-order chi connectivity index (χ1) is 7.63. The van der Waals surface area contributed by atoms with E-state index in [-0.39, 0.29) is 0 Å². The van der Waals surface area contributed by atoms with Crippen LogP contribution in [0.15, 0.2) is 36.6 Å². The number of hydrogen-bond acceptors (Lipinski definition) is 1. The van der Waals surface area contributed by atoms with E-state index in [9.17, 15) is 0 Å². The molecule has 0 amide bonds. The molecule has 0 aliphatic rings. The lowest BCUT2D eigenvalue weighted by Gasteiger charge is -2.18. The first kappa shape index (κ1) is 15.0. The molecule has 0 aromatic rings. The topological polar surface area (TPSA) is 12.0 Å². The van der Waals surface area contributed by atoms with Gasteiger partial charge < -0.3 is 5.32 Å². The highest BCUT2D eigenvalue weighted by Crippen LogP contribution is 2.07. The Morgan fingerprint density at radius 2 is 1.62 bits per heavy atom. The van der Waals surface area contributed by atoms with Crippen LogP contribution < -0.4 is 5.32 Å². The molecule has 92 valence electrons. The fourth-order valence-corrected chi connectivity index (χ4v) is 1.63. The molecule has 16 heavy (non-hydrogen) atoms. The van der Waals surface area contributed by atoms with E-state index in [0.29, 0.717) is 6.04 Å². The third-order valence-corrected chi connectivity index (χ3v) is 2.64. The Balaban J connectivity index is 4.08. The molecule has 1 nitrogen and oxygen atoms in total. The van der Waals surface area contributed by atoms with Crippen molar-refractivity contribution in [1.82, 2.24) is 5.32 Å². The minimum Gasteiger partial charge on any atom is -0.383 e. The summed E-state index contributed by atoms with van der Waals surface area (Å²) in [5, 5.41) is 3.48. The second-order valence-electron chi connectivity index (χ2n) is 4.29. The van der Waals surface area contributed by atoms with E-state index >= 15 is 0 Å². The molecule has 0 saturated carbocycles. The standard InChI is InChI=1S/C15H27N/c1-6-9-15(10-7-2)16-14(5)12-11-13(4)8-3/h11-12,15-16H,4-10H2,1-3H3/b12-11-. The van der Waals surface area contributed by atoms with Crippen LogP contribution in [0.3, 0.4) is 0 Å². The maximum Gasteiger partial charge on any atom is 0.0269 e. The maximum absolute atomic E-state index is 4.03. The Kier molecular flexibility index (Phi) is 8.69. The van der Waals surface area contributed by atoms with Crippen LogP contribution in [0.1, 0.15) is 52.9 Å². The number of allylic oxidation sites excluding steroid dienone is 3. The van der Waals surface area contributed by atoms with Gasteiger partial charge >= 0.3 is 0 Å². The van der Waals surface area contributed by atoms with Gasteiger partial charge in [-0.15, -0.1) is 0 Å². The van der Waals surface area contributed by atoms with Crippen molar-refractivity contribution in [3.05, 3.63) is 36.6 Å². The van der Waals surface area contributed by atoms with Gasteiger partial charge in [0.25, 0.3) is 0 Å². The Labute approximate surface area is 101 Å². The molecule has 0 spiro atoms. The minimum atomic E-state index is 0.571. The van der Waals surface area contributed by atoms with Crippen molar-refractivity contribution in [2.45, 2.75) is 58.9 Å². The lowest BCUT2D eigenvalue weighted by Crippen LogP contribution is -2.27. The third kappa shape index (κ3) is 7.33. The second kappa shape index (κ2) is 9.26. The summed E-state index contributed by atoms with van der Waals surface area (Å²) in [6.07, 6.45) is 9.95. The highest BCUT2D eigenvalue weighted by atomic mass is 14.9. The monoisotopic (exact) mass is 221 g/mol. The van der Waals surface area contributed by atoms with Gasteiger partial charge in [-0.25, -0.2) is 0 Å². The lowest BCUT2D eigenvalue weighted by atomic mass is 10.1. The van der Waals surface area contributed by atoms with Crippen molar-refractivity contribution in [2.24, 2.45) is 0 Å². The summed E-state index contributed by atoms with van der Waals surface area (Å²) >= 11 is 0. The lowest BCUT2D eigenvalue weighted by molar-refractivity contribution is 0.487. The van der Waals surface area contributed by atoms with E-state index in [1.807, 2.05) is 12.2 Å². The first-order valence-electron chi connectivity index (χ1n) is 6.45. The molecule has 0 bridgehead atoms. The molecule has 0 rings (SSSR count). The quantitative estimate of drug-likeness (QED) is 0.562. The van der Waals surface area contributed by atoms with E-state index in [2.05, 4.69) is 39.2 Å².